The normalized spacial score (nSPS) is 10.7. The van der Waals surface area contributed by atoms with E-state index in [-0.39, 0.29) is 5.56 Å². The Morgan fingerprint density at radius 3 is 2.83 bits per heavy atom. The third-order valence-corrected chi connectivity index (χ3v) is 3.54. The molecule has 0 unspecified atom stereocenters. The zero-order chi connectivity index (χ0) is 12.5. The summed E-state index contributed by atoms with van der Waals surface area (Å²) < 4.78 is 5.33. The number of fused-ring (bicyclic) bond motifs is 1. The summed E-state index contributed by atoms with van der Waals surface area (Å²) in [6.07, 6.45) is 0. The van der Waals surface area contributed by atoms with E-state index in [1.165, 1.54) is 11.3 Å². The number of nitrogens with one attached hydrogen (secondary N) is 1. The van der Waals surface area contributed by atoms with Gasteiger partial charge in [0.15, 0.2) is 0 Å². The van der Waals surface area contributed by atoms with E-state index in [0.717, 1.165) is 22.4 Å². The van der Waals surface area contributed by atoms with E-state index in [1.807, 2.05) is 35.0 Å². The fourth-order valence-corrected chi connectivity index (χ4v) is 2.74. The average Bonchev–Trinajstić information content (AvgIpc) is 2.89. The zero-order valence-electron chi connectivity index (χ0n) is 9.64. The van der Waals surface area contributed by atoms with Crippen molar-refractivity contribution in [3.63, 3.8) is 0 Å². The number of aromatic amines is 1. The Morgan fingerprint density at radius 2 is 2.00 bits per heavy atom. The smallest absolute Gasteiger partial charge is 0.272 e. The first kappa shape index (κ1) is 11.0. The molecule has 0 aliphatic rings. The van der Waals surface area contributed by atoms with Crippen molar-refractivity contribution < 1.29 is 4.74 Å². The number of hydrogen-bond donors (Lipinski definition) is 1. The highest BCUT2D eigenvalue weighted by Crippen LogP contribution is 2.32. The molecule has 0 saturated heterocycles. The van der Waals surface area contributed by atoms with Gasteiger partial charge in [-0.15, -0.1) is 0 Å². The summed E-state index contributed by atoms with van der Waals surface area (Å²) in [5.41, 5.74) is 1.45. The van der Waals surface area contributed by atoms with Gasteiger partial charge < -0.3 is 4.74 Å². The monoisotopic (exact) mass is 258 g/mol. The number of nitrogens with zero attached hydrogens (tertiary/aromatic N) is 1. The van der Waals surface area contributed by atoms with Crippen molar-refractivity contribution in [3.8, 4) is 17.0 Å². The molecule has 0 bridgehead atoms. The number of thiophene rings is 1. The van der Waals surface area contributed by atoms with Crippen molar-refractivity contribution in [1.29, 1.82) is 0 Å². The van der Waals surface area contributed by atoms with Crippen LogP contribution in [-0.2, 0) is 0 Å². The molecule has 0 fully saturated rings. The van der Waals surface area contributed by atoms with E-state index in [2.05, 4.69) is 10.2 Å². The number of methoxy groups -OCH3 is 1. The summed E-state index contributed by atoms with van der Waals surface area (Å²) >= 11 is 1.49. The summed E-state index contributed by atoms with van der Waals surface area (Å²) in [4.78, 5) is 11.6. The molecule has 0 saturated carbocycles. The second kappa shape index (κ2) is 4.27. The van der Waals surface area contributed by atoms with Gasteiger partial charge in [0.1, 0.15) is 11.4 Å². The summed E-state index contributed by atoms with van der Waals surface area (Å²) in [6, 6.07) is 7.62. The number of ether oxygens (including phenoxy) is 1. The third kappa shape index (κ3) is 1.60. The molecule has 0 aliphatic carbocycles. The summed E-state index contributed by atoms with van der Waals surface area (Å²) in [7, 11) is 1.62. The Morgan fingerprint density at radius 1 is 1.22 bits per heavy atom. The fraction of sp³-hybridized carbons (Fsp3) is 0.0769. The van der Waals surface area contributed by atoms with E-state index < -0.39 is 0 Å². The lowest BCUT2D eigenvalue weighted by molar-refractivity contribution is 0.416. The van der Waals surface area contributed by atoms with Crippen LogP contribution in [0.15, 0.2) is 39.8 Å². The maximum absolute atomic E-state index is 11.6. The lowest BCUT2D eigenvalue weighted by atomic mass is 10.1. The molecule has 1 aromatic carbocycles. The van der Waals surface area contributed by atoms with Crippen LogP contribution in [0.5, 0.6) is 5.75 Å². The summed E-state index contributed by atoms with van der Waals surface area (Å²) in [5, 5.41) is 11.9. The second-order valence-corrected chi connectivity index (χ2v) is 4.54. The molecule has 0 atom stereocenters. The van der Waals surface area contributed by atoms with E-state index in [4.69, 9.17) is 4.74 Å². The third-order valence-electron chi connectivity index (χ3n) is 2.79. The molecule has 0 aliphatic heterocycles. The first-order valence-electron chi connectivity index (χ1n) is 5.39. The van der Waals surface area contributed by atoms with Gasteiger partial charge in [-0.2, -0.15) is 16.4 Å². The van der Waals surface area contributed by atoms with Gasteiger partial charge >= 0.3 is 0 Å². The van der Waals surface area contributed by atoms with E-state index in [9.17, 15) is 4.79 Å². The molecule has 5 heteroatoms. The lowest BCUT2D eigenvalue weighted by Gasteiger charge is -2.07. The molecule has 18 heavy (non-hydrogen) atoms. The van der Waals surface area contributed by atoms with Gasteiger partial charge in [-0.3, -0.25) is 4.79 Å². The van der Waals surface area contributed by atoms with E-state index >= 15 is 0 Å². The van der Waals surface area contributed by atoms with Crippen LogP contribution >= 0.6 is 11.3 Å². The quantitative estimate of drug-likeness (QED) is 0.768. The second-order valence-electron chi connectivity index (χ2n) is 3.80. The first-order valence-corrected chi connectivity index (χ1v) is 6.33. The first-order chi connectivity index (χ1) is 8.81. The minimum Gasteiger partial charge on any atom is -0.496 e. The Labute approximate surface area is 107 Å². The highest BCUT2D eigenvalue weighted by molar-refractivity contribution is 7.09. The van der Waals surface area contributed by atoms with Crippen molar-refractivity contribution in [2.45, 2.75) is 0 Å². The topological polar surface area (TPSA) is 55.0 Å². The highest BCUT2D eigenvalue weighted by Gasteiger charge is 2.12. The Balaban J connectivity index is 2.35. The summed E-state index contributed by atoms with van der Waals surface area (Å²) in [6.45, 7) is 0. The highest BCUT2D eigenvalue weighted by atomic mass is 32.1. The molecular weight excluding hydrogens is 248 g/mol. The largest absolute Gasteiger partial charge is 0.496 e. The number of benzene rings is 1. The number of hydrogen-bond acceptors (Lipinski definition) is 4. The molecule has 3 rings (SSSR count). The molecule has 0 amide bonds. The fourth-order valence-electron chi connectivity index (χ4n) is 1.93. The Kier molecular flexibility index (Phi) is 2.60. The predicted octanol–water partition coefficient (Wildman–Crippen LogP) is 2.66. The van der Waals surface area contributed by atoms with Crippen LogP contribution < -0.4 is 10.3 Å². The van der Waals surface area contributed by atoms with Gasteiger partial charge in [0.25, 0.3) is 5.56 Å². The van der Waals surface area contributed by atoms with Crippen molar-refractivity contribution in [2.75, 3.05) is 7.11 Å². The van der Waals surface area contributed by atoms with Gasteiger partial charge in [0.2, 0.25) is 0 Å². The molecule has 90 valence electrons. The number of para-hydroxylation sites is 1. The molecule has 3 aromatic rings. The van der Waals surface area contributed by atoms with Crippen LogP contribution in [0.3, 0.4) is 0 Å². The Bertz CT molecular complexity index is 761. The van der Waals surface area contributed by atoms with Crippen LogP contribution in [0.4, 0.5) is 0 Å². The van der Waals surface area contributed by atoms with Crippen LogP contribution in [0.25, 0.3) is 22.0 Å². The maximum Gasteiger partial charge on any atom is 0.272 e. The molecule has 2 heterocycles. The Hall–Kier alpha value is -2.14. The minimum atomic E-state index is -0.162. The zero-order valence-corrected chi connectivity index (χ0v) is 10.5. The number of H-pyrrole nitrogens is 1. The molecule has 4 nitrogen and oxygen atoms in total. The van der Waals surface area contributed by atoms with Crippen LogP contribution in [-0.4, -0.2) is 17.3 Å². The van der Waals surface area contributed by atoms with Crippen molar-refractivity contribution >= 4 is 22.1 Å². The minimum absolute atomic E-state index is 0.162. The van der Waals surface area contributed by atoms with Gasteiger partial charge in [-0.05, 0) is 12.1 Å². The number of aromatic nitrogens is 2. The molecule has 2 aromatic heterocycles. The summed E-state index contributed by atoms with van der Waals surface area (Å²) in [5.74, 6) is 0.740. The van der Waals surface area contributed by atoms with Crippen LogP contribution in [0.1, 0.15) is 0 Å². The lowest BCUT2D eigenvalue weighted by Crippen LogP contribution is -2.08. The standard InChI is InChI=1S/C13H10N2O2S/c1-17-11-5-3-2-4-8(11)12-9-6-18-7-10(9)13(16)15-14-12/h2-7H,1H3,(H,15,16). The molecular formula is C13H10N2O2S. The van der Waals surface area contributed by atoms with Crippen molar-refractivity contribution in [1.82, 2.24) is 10.2 Å². The van der Waals surface area contributed by atoms with Crippen molar-refractivity contribution in [3.05, 3.63) is 45.4 Å². The van der Waals surface area contributed by atoms with Crippen LogP contribution in [0, 0.1) is 0 Å². The van der Waals surface area contributed by atoms with Gasteiger partial charge in [0, 0.05) is 21.7 Å². The average molecular weight is 258 g/mol. The number of rotatable bonds is 2. The SMILES string of the molecule is COc1ccccc1-c1n[nH]c(=O)c2cscc12. The van der Waals surface area contributed by atoms with Crippen molar-refractivity contribution in [2.24, 2.45) is 0 Å². The van der Waals surface area contributed by atoms with E-state index in [0.29, 0.717) is 5.39 Å². The molecule has 1 N–H and O–H groups in total. The van der Waals surface area contributed by atoms with Gasteiger partial charge in [0.05, 0.1) is 12.5 Å². The molecule has 0 radical (unpaired) electrons. The molecule has 0 spiro atoms. The van der Waals surface area contributed by atoms with Gasteiger partial charge in [-0.1, -0.05) is 12.1 Å². The van der Waals surface area contributed by atoms with E-state index in [1.54, 1.807) is 7.11 Å². The maximum atomic E-state index is 11.6. The van der Waals surface area contributed by atoms with Crippen LogP contribution in [0.2, 0.25) is 0 Å². The van der Waals surface area contributed by atoms with Gasteiger partial charge in [-0.25, -0.2) is 5.10 Å². The predicted molar refractivity (Wildman–Crippen MR) is 72.2 cm³/mol.